The summed E-state index contributed by atoms with van der Waals surface area (Å²) in [5.41, 5.74) is 9.35. The highest BCUT2D eigenvalue weighted by Crippen LogP contribution is 2.57. The molecule has 0 radical (unpaired) electrons. The predicted molar refractivity (Wildman–Crippen MR) is 212 cm³/mol. The van der Waals surface area contributed by atoms with Crippen LogP contribution in [-0.2, 0) is 12.8 Å². The minimum absolute atomic E-state index is 0.209. The number of hydrogen-bond acceptors (Lipinski definition) is 3. The third kappa shape index (κ3) is 6.40. The van der Waals surface area contributed by atoms with Crippen molar-refractivity contribution in [2.75, 3.05) is 21.2 Å². The Bertz CT molecular complexity index is 2270. The summed E-state index contributed by atoms with van der Waals surface area (Å²) < 4.78 is 50.7. The molecule has 54 heavy (non-hydrogen) atoms. The lowest BCUT2D eigenvalue weighted by molar-refractivity contribution is -0.137. The van der Waals surface area contributed by atoms with E-state index in [0.717, 1.165) is 23.3 Å². The summed E-state index contributed by atoms with van der Waals surface area (Å²) in [4.78, 5) is 2.54. The zero-order valence-corrected chi connectivity index (χ0v) is 31.4. The van der Waals surface area contributed by atoms with Gasteiger partial charge in [-0.25, -0.2) is 0 Å². The van der Waals surface area contributed by atoms with Crippen LogP contribution in [0.4, 0.5) is 13.2 Å². The Morgan fingerprint density at radius 3 is 1.50 bits per heavy atom. The van der Waals surface area contributed by atoms with Gasteiger partial charge in [-0.3, -0.25) is 4.90 Å². The Hall–Kier alpha value is -4.55. The number of halogens is 3. The van der Waals surface area contributed by atoms with Gasteiger partial charge in [-0.05, 0) is 198 Å². The minimum Gasteiger partial charge on any atom is -0.497 e. The second-order valence-corrected chi connectivity index (χ2v) is 16.3. The van der Waals surface area contributed by atoms with Gasteiger partial charge in [0.05, 0.1) is 18.7 Å². The van der Waals surface area contributed by atoms with Crippen LogP contribution in [0.15, 0.2) is 108 Å². The van der Waals surface area contributed by atoms with Crippen LogP contribution in [0, 0.1) is 23.7 Å². The first-order chi connectivity index (χ1) is 26.1. The van der Waals surface area contributed by atoms with E-state index in [0.29, 0.717) is 35.0 Å². The summed E-state index contributed by atoms with van der Waals surface area (Å²) in [5.74, 6) is 3.97. The largest absolute Gasteiger partial charge is 0.497 e. The zero-order valence-electron chi connectivity index (χ0n) is 31.4. The maximum absolute atomic E-state index is 13.0. The number of nitrogens with zero attached hydrogens (tertiary/aromatic N) is 1. The minimum atomic E-state index is -4.35. The van der Waals surface area contributed by atoms with Crippen molar-refractivity contribution in [3.63, 3.8) is 0 Å². The number of rotatable bonds is 9. The van der Waals surface area contributed by atoms with Crippen molar-refractivity contribution in [3.8, 4) is 11.5 Å². The Balaban J connectivity index is 1.09. The molecule has 4 bridgehead atoms. The van der Waals surface area contributed by atoms with Crippen LogP contribution in [0.25, 0.3) is 32.7 Å². The summed E-state index contributed by atoms with van der Waals surface area (Å²) >= 11 is 0. The third-order valence-corrected chi connectivity index (χ3v) is 13.0. The van der Waals surface area contributed by atoms with Gasteiger partial charge in [-0.15, -0.1) is 0 Å². The lowest BCUT2D eigenvalue weighted by atomic mass is 9.58. The molecule has 0 N–H and O–H groups in total. The molecule has 0 spiro atoms. The van der Waals surface area contributed by atoms with E-state index < -0.39 is 11.7 Å². The first kappa shape index (κ1) is 35.2. The van der Waals surface area contributed by atoms with Crippen molar-refractivity contribution < 1.29 is 22.6 Å². The van der Waals surface area contributed by atoms with E-state index in [4.69, 9.17) is 9.47 Å². The normalized spacial score (nSPS) is 23.2. The molecule has 0 aromatic heterocycles. The van der Waals surface area contributed by atoms with Gasteiger partial charge in [0.15, 0.2) is 0 Å². The molecule has 0 aliphatic heterocycles. The lowest BCUT2D eigenvalue weighted by Gasteiger charge is -2.50. The molecular formula is C48H48F3NO2. The van der Waals surface area contributed by atoms with E-state index >= 15 is 0 Å². The molecule has 0 heterocycles. The van der Waals surface area contributed by atoms with Crippen molar-refractivity contribution in [3.05, 3.63) is 130 Å². The monoisotopic (exact) mass is 727 g/mol. The van der Waals surface area contributed by atoms with Gasteiger partial charge in [0.2, 0.25) is 0 Å². The fourth-order valence-electron chi connectivity index (χ4n) is 10.5. The molecule has 6 aliphatic carbocycles. The van der Waals surface area contributed by atoms with Crippen molar-refractivity contribution in [2.24, 2.45) is 23.7 Å². The smallest absolute Gasteiger partial charge is 0.416 e. The van der Waals surface area contributed by atoms with Crippen LogP contribution in [0.3, 0.4) is 0 Å². The summed E-state index contributed by atoms with van der Waals surface area (Å²) in [6, 6.07) is 32.1. The highest BCUT2D eigenvalue weighted by Gasteiger charge is 2.45. The summed E-state index contributed by atoms with van der Waals surface area (Å²) in [6.07, 6.45) is 5.84. The molecule has 6 heteroatoms. The number of methoxy groups -OCH3 is 1. The standard InChI is InChI=1S/C48H48F3NO2/c1-52(2)47(45-32-10-6-30(7-11-32)43(45)38-16-14-36-26-41(53-3)22-18-34(36)24-38)46-33-12-8-31(9-13-33)44(46)39-17-15-37-27-42(23-19-35(37)25-39)54-28-29-4-20-40(21-5-29)48(49,50)51/h4-5,14-27,30-33,47H,6-13,28H2,1-3H3. The number of hydrogen-bond donors (Lipinski definition) is 0. The third-order valence-electron chi connectivity index (χ3n) is 13.0. The van der Waals surface area contributed by atoms with Crippen molar-refractivity contribution in [1.29, 1.82) is 0 Å². The SMILES string of the molecule is COc1ccc2cc(C3=C(C(C4=C(c5ccc6cc(OCc7ccc(C(F)(F)F)cc7)ccc6c5)C5CCC4CC5)N(C)C)C4CCC3CC4)ccc2c1. The van der Waals surface area contributed by atoms with Crippen molar-refractivity contribution in [1.82, 2.24) is 4.90 Å². The molecule has 1 unspecified atom stereocenters. The van der Waals surface area contributed by atoms with Crippen LogP contribution in [0.5, 0.6) is 11.5 Å². The molecule has 2 fully saturated rings. The van der Waals surface area contributed by atoms with Gasteiger partial charge in [0.1, 0.15) is 18.1 Å². The number of allylic oxidation sites excluding steroid dienone is 2. The van der Waals surface area contributed by atoms with Crippen LogP contribution >= 0.6 is 0 Å². The van der Waals surface area contributed by atoms with Gasteiger partial charge in [-0.2, -0.15) is 13.2 Å². The second kappa shape index (κ2) is 13.9. The Morgan fingerprint density at radius 2 is 1.02 bits per heavy atom. The average Bonchev–Trinajstić information content (AvgIpc) is 3.20. The first-order valence-corrected chi connectivity index (χ1v) is 19.7. The summed E-state index contributed by atoms with van der Waals surface area (Å²) in [6.45, 7) is 0.209. The number of alkyl halides is 3. The van der Waals surface area contributed by atoms with E-state index in [1.165, 1.54) is 90.8 Å². The quantitative estimate of drug-likeness (QED) is 0.151. The van der Waals surface area contributed by atoms with E-state index in [2.05, 4.69) is 79.7 Å². The van der Waals surface area contributed by atoms with Crippen LogP contribution in [0.2, 0.25) is 0 Å². The second-order valence-electron chi connectivity index (χ2n) is 16.3. The van der Waals surface area contributed by atoms with Crippen molar-refractivity contribution >= 4 is 32.7 Å². The van der Waals surface area contributed by atoms with E-state index in [1.54, 1.807) is 29.4 Å². The Kier molecular flexibility index (Phi) is 9.08. The number of ether oxygens (including phenoxy) is 2. The van der Waals surface area contributed by atoms with Crippen LogP contribution in [0.1, 0.15) is 73.6 Å². The predicted octanol–water partition coefficient (Wildman–Crippen LogP) is 12.4. The van der Waals surface area contributed by atoms with Crippen LogP contribution < -0.4 is 9.47 Å². The van der Waals surface area contributed by atoms with Gasteiger partial charge in [-0.1, -0.05) is 48.5 Å². The first-order valence-electron chi connectivity index (χ1n) is 19.7. The topological polar surface area (TPSA) is 21.7 Å². The molecular weight excluding hydrogens is 680 g/mol. The number of benzene rings is 5. The molecule has 278 valence electrons. The van der Waals surface area contributed by atoms with Gasteiger partial charge < -0.3 is 9.47 Å². The van der Waals surface area contributed by atoms with Gasteiger partial charge in [0, 0.05) is 0 Å². The van der Waals surface area contributed by atoms with E-state index in [-0.39, 0.29) is 12.6 Å². The van der Waals surface area contributed by atoms with Crippen molar-refractivity contribution in [2.45, 2.75) is 70.2 Å². The van der Waals surface area contributed by atoms with Gasteiger partial charge >= 0.3 is 6.18 Å². The van der Waals surface area contributed by atoms with E-state index in [1.807, 2.05) is 12.1 Å². The molecule has 0 amide bonds. The number of likely N-dealkylation sites (N-methyl/N-ethyl adjacent to an activating group) is 1. The number of fused-ring (bicyclic) bond motifs is 6. The lowest BCUT2D eigenvalue weighted by Crippen LogP contribution is -2.44. The molecule has 1 atom stereocenters. The molecule has 11 rings (SSSR count). The highest BCUT2D eigenvalue weighted by molar-refractivity contribution is 5.91. The fourth-order valence-corrected chi connectivity index (χ4v) is 10.5. The molecule has 2 saturated carbocycles. The van der Waals surface area contributed by atoms with Gasteiger partial charge in [0.25, 0.3) is 0 Å². The fraction of sp³-hybridized carbons (Fsp3) is 0.375. The van der Waals surface area contributed by atoms with E-state index in [9.17, 15) is 13.2 Å². The van der Waals surface area contributed by atoms with Crippen LogP contribution in [-0.4, -0.2) is 32.1 Å². The maximum Gasteiger partial charge on any atom is 0.416 e. The average molecular weight is 728 g/mol. The highest BCUT2D eigenvalue weighted by atomic mass is 19.4. The summed E-state index contributed by atoms with van der Waals surface area (Å²) in [5, 5.41) is 4.76. The summed E-state index contributed by atoms with van der Waals surface area (Å²) in [7, 11) is 6.35. The Labute approximate surface area is 316 Å². The zero-order chi connectivity index (χ0) is 37.1. The molecule has 5 aromatic carbocycles. The molecule has 5 aromatic rings. The molecule has 0 saturated heterocycles. The Morgan fingerprint density at radius 1 is 0.574 bits per heavy atom. The molecule has 3 nitrogen and oxygen atoms in total. The maximum atomic E-state index is 13.0. The molecule has 6 aliphatic rings.